The maximum Gasteiger partial charge on any atom is 0.244 e. The average molecular weight is 280 g/mol. The SMILES string of the molecule is Cc1c(NC(=O)C2COCCN2)sc2c1CCCC2. The minimum Gasteiger partial charge on any atom is -0.378 e. The van der Waals surface area contributed by atoms with Crippen molar-refractivity contribution in [3.8, 4) is 0 Å². The van der Waals surface area contributed by atoms with E-state index in [1.165, 1.54) is 41.7 Å². The molecule has 1 aromatic rings. The van der Waals surface area contributed by atoms with Gasteiger partial charge in [-0.1, -0.05) is 0 Å². The van der Waals surface area contributed by atoms with Crippen LogP contribution in [0.1, 0.15) is 28.8 Å². The summed E-state index contributed by atoms with van der Waals surface area (Å²) in [7, 11) is 0. The van der Waals surface area contributed by atoms with Gasteiger partial charge in [0, 0.05) is 11.4 Å². The van der Waals surface area contributed by atoms with Gasteiger partial charge in [-0.15, -0.1) is 11.3 Å². The minimum absolute atomic E-state index is 0.0291. The lowest BCUT2D eigenvalue weighted by Gasteiger charge is -2.22. The van der Waals surface area contributed by atoms with Crippen LogP contribution in [-0.4, -0.2) is 31.7 Å². The predicted molar refractivity (Wildman–Crippen MR) is 76.9 cm³/mol. The normalized spacial score (nSPS) is 22.9. The molecule has 0 radical (unpaired) electrons. The zero-order valence-corrected chi connectivity index (χ0v) is 12.1. The summed E-state index contributed by atoms with van der Waals surface area (Å²) in [4.78, 5) is 13.7. The van der Waals surface area contributed by atoms with Crippen LogP contribution in [0.15, 0.2) is 0 Å². The van der Waals surface area contributed by atoms with Gasteiger partial charge in [0.15, 0.2) is 0 Å². The lowest BCUT2D eigenvalue weighted by atomic mass is 9.96. The molecule has 0 bridgehead atoms. The maximum absolute atomic E-state index is 12.2. The predicted octanol–water partition coefficient (Wildman–Crippen LogP) is 1.86. The van der Waals surface area contributed by atoms with E-state index < -0.39 is 0 Å². The topological polar surface area (TPSA) is 50.4 Å². The number of ether oxygens (including phenoxy) is 1. The van der Waals surface area contributed by atoms with Gasteiger partial charge >= 0.3 is 0 Å². The first kappa shape index (κ1) is 13.1. The van der Waals surface area contributed by atoms with Crippen LogP contribution in [-0.2, 0) is 22.4 Å². The molecule has 0 saturated carbocycles. The molecule has 19 heavy (non-hydrogen) atoms. The summed E-state index contributed by atoms with van der Waals surface area (Å²) in [6.45, 7) is 4.03. The van der Waals surface area contributed by atoms with E-state index in [9.17, 15) is 4.79 Å². The van der Waals surface area contributed by atoms with Gasteiger partial charge in [-0.3, -0.25) is 4.79 Å². The Labute approximate surface area is 117 Å². The molecule has 4 nitrogen and oxygen atoms in total. The number of nitrogens with one attached hydrogen (secondary N) is 2. The average Bonchev–Trinajstić information content (AvgIpc) is 2.77. The second-order valence-electron chi connectivity index (χ2n) is 5.24. The fourth-order valence-electron chi connectivity index (χ4n) is 2.78. The van der Waals surface area contributed by atoms with E-state index in [2.05, 4.69) is 17.6 Å². The molecule has 1 unspecified atom stereocenters. The van der Waals surface area contributed by atoms with Crippen molar-refractivity contribution in [3.05, 3.63) is 16.0 Å². The number of amides is 1. The Kier molecular flexibility index (Phi) is 3.86. The molecule has 1 amide bonds. The maximum atomic E-state index is 12.2. The number of thiophene rings is 1. The molecule has 1 aliphatic heterocycles. The van der Waals surface area contributed by atoms with Crippen molar-refractivity contribution in [1.82, 2.24) is 5.32 Å². The summed E-state index contributed by atoms with van der Waals surface area (Å²) in [5.74, 6) is 0.0291. The van der Waals surface area contributed by atoms with Crippen molar-refractivity contribution in [2.45, 2.75) is 38.6 Å². The van der Waals surface area contributed by atoms with Crippen LogP contribution in [0.2, 0.25) is 0 Å². The van der Waals surface area contributed by atoms with Crippen molar-refractivity contribution in [2.24, 2.45) is 0 Å². The Balaban J connectivity index is 1.72. The van der Waals surface area contributed by atoms with Crippen LogP contribution >= 0.6 is 11.3 Å². The van der Waals surface area contributed by atoms with Crippen LogP contribution in [0, 0.1) is 6.92 Å². The molecule has 2 heterocycles. The van der Waals surface area contributed by atoms with Crippen molar-refractivity contribution in [3.63, 3.8) is 0 Å². The molecule has 2 N–H and O–H groups in total. The molecule has 1 atom stereocenters. The summed E-state index contributed by atoms with van der Waals surface area (Å²) in [6, 6.07) is -0.215. The zero-order valence-electron chi connectivity index (χ0n) is 11.3. The molecule has 2 aliphatic rings. The molecular weight excluding hydrogens is 260 g/mol. The van der Waals surface area contributed by atoms with Crippen LogP contribution in [0.5, 0.6) is 0 Å². The number of carbonyl (C=O) groups is 1. The number of carbonyl (C=O) groups excluding carboxylic acids is 1. The first-order valence-electron chi connectivity index (χ1n) is 6.99. The van der Waals surface area contributed by atoms with E-state index >= 15 is 0 Å². The third-order valence-electron chi connectivity index (χ3n) is 3.91. The number of anilines is 1. The highest BCUT2D eigenvalue weighted by Gasteiger charge is 2.24. The zero-order chi connectivity index (χ0) is 13.2. The van der Waals surface area contributed by atoms with E-state index in [-0.39, 0.29) is 11.9 Å². The van der Waals surface area contributed by atoms with E-state index in [0.717, 1.165) is 11.5 Å². The number of morpholine rings is 1. The standard InChI is InChI=1S/C14H20N2O2S/c1-9-10-4-2-3-5-12(10)19-14(9)16-13(17)11-8-18-7-6-15-11/h11,15H,2-8H2,1H3,(H,16,17). The van der Waals surface area contributed by atoms with Crippen molar-refractivity contribution >= 4 is 22.2 Å². The first-order valence-corrected chi connectivity index (χ1v) is 7.80. The summed E-state index contributed by atoms with van der Waals surface area (Å²) in [5.41, 5.74) is 2.74. The first-order chi connectivity index (χ1) is 9.25. The molecule has 0 aromatic carbocycles. The van der Waals surface area contributed by atoms with Gasteiger partial charge in [0.2, 0.25) is 5.91 Å². The minimum atomic E-state index is -0.215. The second kappa shape index (κ2) is 5.61. The Bertz CT molecular complexity index is 478. The van der Waals surface area contributed by atoms with Crippen LogP contribution in [0.4, 0.5) is 5.00 Å². The van der Waals surface area contributed by atoms with Crippen molar-refractivity contribution in [1.29, 1.82) is 0 Å². The molecule has 1 aromatic heterocycles. The van der Waals surface area contributed by atoms with E-state index in [0.29, 0.717) is 13.2 Å². The highest BCUT2D eigenvalue weighted by atomic mass is 32.1. The van der Waals surface area contributed by atoms with Gasteiger partial charge in [0.05, 0.1) is 18.2 Å². The largest absolute Gasteiger partial charge is 0.378 e. The summed E-state index contributed by atoms with van der Waals surface area (Å²) < 4.78 is 5.33. The quantitative estimate of drug-likeness (QED) is 0.869. The van der Waals surface area contributed by atoms with Crippen LogP contribution in [0.3, 0.4) is 0 Å². The van der Waals surface area contributed by atoms with Gasteiger partial charge in [0.1, 0.15) is 6.04 Å². The van der Waals surface area contributed by atoms with Gasteiger partial charge in [-0.25, -0.2) is 0 Å². The Morgan fingerprint density at radius 2 is 2.26 bits per heavy atom. The van der Waals surface area contributed by atoms with E-state index in [4.69, 9.17) is 4.74 Å². The Morgan fingerprint density at radius 1 is 1.42 bits per heavy atom. The lowest BCUT2D eigenvalue weighted by Crippen LogP contribution is -2.48. The van der Waals surface area contributed by atoms with Gasteiger partial charge in [-0.2, -0.15) is 0 Å². The third kappa shape index (κ3) is 2.68. The lowest BCUT2D eigenvalue weighted by molar-refractivity contribution is -0.120. The molecule has 3 rings (SSSR count). The van der Waals surface area contributed by atoms with E-state index in [1.54, 1.807) is 11.3 Å². The molecule has 5 heteroatoms. The monoisotopic (exact) mass is 280 g/mol. The Hall–Kier alpha value is -0.910. The smallest absolute Gasteiger partial charge is 0.244 e. The van der Waals surface area contributed by atoms with Crippen molar-refractivity contribution < 1.29 is 9.53 Å². The molecule has 0 spiro atoms. The number of hydrogen-bond acceptors (Lipinski definition) is 4. The van der Waals surface area contributed by atoms with Gasteiger partial charge < -0.3 is 15.4 Å². The number of hydrogen-bond donors (Lipinski definition) is 2. The molecule has 104 valence electrons. The summed E-state index contributed by atoms with van der Waals surface area (Å²) in [5, 5.41) is 7.29. The van der Waals surface area contributed by atoms with E-state index in [1.807, 2.05) is 0 Å². The second-order valence-corrected chi connectivity index (χ2v) is 6.34. The highest BCUT2D eigenvalue weighted by Crippen LogP contribution is 2.37. The molecular formula is C14H20N2O2S. The fourth-order valence-corrected chi connectivity index (χ4v) is 4.07. The fraction of sp³-hybridized carbons (Fsp3) is 0.643. The van der Waals surface area contributed by atoms with Gasteiger partial charge in [-0.05, 0) is 43.7 Å². The van der Waals surface area contributed by atoms with Crippen LogP contribution < -0.4 is 10.6 Å². The van der Waals surface area contributed by atoms with Crippen molar-refractivity contribution in [2.75, 3.05) is 25.1 Å². The molecule has 1 fully saturated rings. The third-order valence-corrected chi connectivity index (χ3v) is 5.22. The van der Waals surface area contributed by atoms with Crippen LogP contribution in [0.25, 0.3) is 0 Å². The summed E-state index contributed by atoms with van der Waals surface area (Å²) >= 11 is 1.75. The summed E-state index contributed by atoms with van der Waals surface area (Å²) in [6.07, 6.45) is 4.88. The Morgan fingerprint density at radius 3 is 3.00 bits per heavy atom. The molecule has 1 saturated heterocycles. The van der Waals surface area contributed by atoms with Gasteiger partial charge in [0.25, 0.3) is 0 Å². The molecule has 1 aliphatic carbocycles. The number of aryl methyl sites for hydroxylation is 1. The number of fused-ring (bicyclic) bond motifs is 1. The number of rotatable bonds is 2. The highest BCUT2D eigenvalue weighted by molar-refractivity contribution is 7.16.